The molecule has 0 heterocycles. The maximum atomic E-state index is 11.4. The molecule has 0 radical (unpaired) electrons. The zero-order valence-electron chi connectivity index (χ0n) is 10.1. The number of carbonyl (C=O) groups is 1. The van der Waals surface area contributed by atoms with Crippen LogP contribution in [-0.2, 0) is 20.9 Å². The lowest BCUT2D eigenvalue weighted by atomic mass is 10.1. The van der Waals surface area contributed by atoms with Gasteiger partial charge >= 0.3 is 5.97 Å². The van der Waals surface area contributed by atoms with Crippen molar-refractivity contribution < 1.29 is 14.3 Å². The minimum atomic E-state index is -0.263. The van der Waals surface area contributed by atoms with Gasteiger partial charge in [-0.25, -0.2) is 0 Å². The Balaban J connectivity index is 2.37. The van der Waals surface area contributed by atoms with Crippen molar-refractivity contribution >= 4 is 5.97 Å². The molecule has 0 aliphatic rings. The minimum Gasteiger partial charge on any atom is -0.469 e. The van der Waals surface area contributed by atoms with Crippen LogP contribution in [0.3, 0.4) is 0 Å². The van der Waals surface area contributed by atoms with Gasteiger partial charge in [-0.05, 0) is 12.0 Å². The molecule has 1 aromatic rings. The van der Waals surface area contributed by atoms with Crippen molar-refractivity contribution in [3.05, 3.63) is 48.6 Å². The van der Waals surface area contributed by atoms with E-state index in [2.05, 4.69) is 6.58 Å². The van der Waals surface area contributed by atoms with Crippen LogP contribution >= 0.6 is 0 Å². The van der Waals surface area contributed by atoms with E-state index < -0.39 is 0 Å². The zero-order chi connectivity index (χ0) is 12.5. The predicted molar refractivity (Wildman–Crippen MR) is 66.4 cm³/mol. The molecule has 0 aromatic heterocycles. The van der Waals surface area contributed by atoms with E-state index in [1.54, 1.807) is 6.08 Å². The highest BCUT2D eigenvalue weighted by molar-refractivity contribution is 5.72. The van der Waals surface area contributed by atoms with Gasteiger partial charge in [-0.15, -0.1) is 6.58 Å². The van der Waals surface area contributed by atoms with E-state index in [-0.39, 0.29) is 11.9 Å². The van der Waals surface area contributed by atoms with Gasteiger partial charge in [0.2, 0.25) is 0 Å². The Hall–Kier alpha value is -1.61. The first-order valence-electron chi connectivity index (χ1n) is 5.58. The Labute approximate surface area is 102 Å². The van der Waals surface area contributed by atoms with E-state index in [0.29, 0.717) is 19.6 Å². The van der Waals surface area contributed by atoms with Gasteiger partial charge in [0, 0.05) is 0 Å². The smallest absolute Gasteiger partial charge is 0.311 e. The molecule has 1 rings (SSSR count). The van der Waals surface area contributed by atoms with Gasteiger partial charge in [0.1, 0.15) is 0 Å². The van der Waals surface area contributed by atoms with Crippen LogP contribution in [0.5, 0.6) is 0 Å². The molecule has 1 aromatic carbocycles. The second-order valence-electron chi connectivity index (χ2n) is 3.75. The van der Waals surface area contributed by atoms with Crippen LogP contribution in [0, 0.1) is 5.92 Å². The molecule has 0 N–H and O–H groups in total. The van der Waals surface area contributed by atoms with E-state index in [4.69, 9.17) is 9.47 Å². The second-order valence-corrected chi connectivity index (χ2v) is 3.75. The first-order chi connectivity index (χ1) is 8.27. The highest BCUT2D eigenvalue weighted by Gasteiger charge is 2.17. The van der Waals surface area contributed by atoms with Crippen molar-refractivity contribution in [1.82, 2.24) is 0 Å². The SMILES string of the molecule is C=CC[C@@H](COCc1ccccc1)C(=O)OC. The van der Waals surface area contributed by atoms with E-state index in [9.17, 15) is 4.79 Å². The Morgan fingerprint density at radius 1 is 1.41 bits per heavy atom. The van der Waals surface area contributed by atoms with Gasteiger partial charge in [-0.1, -0.05) is 36.4 Å². The predicted octanol–water partition coefficient (Wildman–Crippen LogP) is 2.57. The number of allylic oxidation sites excluding steroid dienone is 1. The molecule has 0 fully saturated rings. The number of methoxy groups -OCH3 is 1. The topological polar surface area (TPSA) is 35.5 Å². The Morgan fingerprint density at radius 2 is 2.12 bits per heavy atom. The van der Waals surface area contributed by atoms with Gasteiger partial charge in [0.15, 0.2) is 0 Å². The molecular weight excluding hydrogens is 216 g/mol. The molecule has 0 amide bonds. The standard InChI is InChI=1S/C14H18O3/c1-3-7-13(14(15)16-2)11-17-10-12-8-5-4-6-9-12/h3-6,8-9,13H,1,7,10-11H2,2H3/t13-/m0/s1. The molecule has 3 nitrogen and oxygen atoms in total. The Morgan fingerprint density at radius 3 is 2.71 bits per heavy atom. The molecule has 0 unspecified atom stereocenters. The number of hydrogen-bond acceptors (Lipinski definition) is 3. The number of hydrogen-bond donors (Lipinski definition) is 0. The van der Waals surface area contributed by atoms with Crippen LogP contribution in [0.1, 0.15) is 12.0 Å². The fourth-order valence-corrected chi connectivity index (χ4v) is 1.49. The lowest BCUT2D eigenvalue weighted by Crippen LogP contribution is -2.21. The molecule has 0 bridgehead atoms. The molecule has 17 heavy (non-hydrogen) atoms. The fraction of sp³-hybridized carbons (Fsp3) is 0.357. The minimum absolute atomic E-state index is 0.252. The maximum Gasteiger partial charge on any atom is 0.311 e. The number of esters is 1. The van der Waals surface area contributed by atoms with Crippen molar-refractivity contribution in [1.29, 1.82) is 0 Å². The summed E-state index contributed by atoms with van der Waals surface area (Å²) in [7, 11) is 1.38. The summed E-state index contributed by atoms with van der Waals surface area (Å²) in [6.07, 6.45) is 2.27. The highest BCUT2D eigenvalue weighted by atomic mass is 16.5. The van der Waals surface area contributed by atoms with Crippen molar-refractivity contribution in [2.24, 2.45) is 5.92 Å². The first kappa shape index (κ1) is 13.5. The monoisotopic (exact) mass is 234 g/mol. The quantitative estimate of drug-likeness (QED) is 0.537. The summed E-state index contributed by atoms with van der Waals surface area (Å²) < 4.78 is 10.2. The van der Waals surface area contributed by atoms with Crippen LogP contribution < -0.4 is 0 Å². The summed E-state index contributed by atoms with van der Waals surface area (Å²) >= 11 is 0. The van der Waals surface area contributed by atoms with Gasteiger partial charge in [0.25, 0.3) is 0 Å². The van der Waals surface area contributed by atoms with Crippen LogP contribution in [0.15, 0.2) is 43.0 Å². The summed E-state index contributed by atoms with van der Waals surface area (Å²) in [4.78, 5) is 11.4. The number of benzene rings is 1. The lowest BCUT2D eigenvalue weighted by Gasteiger charge is -2.12. The second kappa shape index (κ2) is 7.63. The summed E-state index contributed by atoms with van der Waals surface area (Å²) in [6.45, 7) is 4.48. The average Bonchev–Trinajstić information content (AvgIpc) is 2.38. The van der Waals surface area contributed by atoms with E-state index in [1.165, 1.54) is 7.11 Å². The molecular formula is C14H18O3. The largest absolute Gasteiger partial charge is 0.469 e. The highest BCUT2D eigenvalue weighted by Crippen LogP contribution is 2.09. The molecule has 92 valence electrons. The van der Waals surface area contributed by atoms with Gasteiger partial charge in [-0.2, -0.15) is 0 Å². The van der Waals surface area contributed by atoms with Gasteiger partial charge in [-0.3, -0.25) is 4.79 Å². The molecule has 0 spiro atoms. The summed E-state index contributed by atoms with van der Waals surface area (Å²) in [5.74, 6) is -0.515. The zero-order valence-corrected chi connectivity index (χ0v) is 10.1. The van der Waals surface area contributed by atoms with Gasteiger partial charge < -0.3 is 9.47 Å². The average molecular weight is 234 g/mol. The van der Waals surface area contributed by atoms with Crippen molar-refractivity contribution in [3.8, 4) is 0 Å². The van der Waals surface area contributed by atoms with Crippen molar-refractivity contribution in [2.75, 3.05) is 13.7 Å². The third-order valence-corrected chi connectivity index (χ3v) is 2.42. The lowest BCUT2D eigenvalue weighted by molar-refractivity contribution is -0.147. The molecule has 0 aliphatic heterocycles. The van der Waals surface area contributed by atoms with E-state index >= 15 is 0 Å². The number of ether oxygens (including phenoxy) is 2. The van der Waals surface area contributed by atoms with E-state index in [1.807, 2.05) is 30.3 Å². The summed E-state index contributed by atoms with van der Waals surface area (Å²) in [6, 6.07) is 9.85. The molecule has 0 saturated heterocycles. The van der Waals surface area contributed by atoms with Gasteiger partial charge in [0.05, 0.1) is 26.2 Å². The molecule has 0 saturated carbocycles. The van der Waals surface area contributed by atoms with Crippen LogP contribution in [0.25, 0.3) is 0 Å². The van der Waals surface area contributed by atoms with Crippen LogP contribution in [-0.4, -0.2) is 19.7 Å². The molecule has 1 atom stereocenters. The maximum absolute atomic E-state index is 11.4. The molecule has 3 heteroatoms. The fourth-order valence-electron chi connectivity index (χ4n) is 1.49. The van der Waals surface area contributed by atoms with Crippen molar-refractivity contribution in [2.45, 2.75) is 13.0 Å². The third-order valence-electron chi connectivity index (χ3n) is 2.42. The summed E-state index contributed by atoms with van der Waals surface area (Å²) in [5, 5.41) is 0. The van der Waals surface area contributed by atoms with Crippen LogP contribution in [0.4, 0.5) is 0 Å². The normalized spacial score (nSPS) is 11.8. The number of carbonyl (C=O) groups excluding carboxylic acids is 1. The van der Waals surface area contributed by atoms with Crippen LogP contribution in [0.2, 0.25) is 0 Å². The van der Waals surface area contributed by atoms with Crippen molar-refractivity contribution in [3.63, 3.8) is 0 Å². The van der Waals surface area contributed by atoms with E-state index in [0.717, 1.165) is 5.56 Å². The first-order valence-corrected chi connectivity index (χ1v) is 5.58. The summed E-state index contributed by atoms with van der Waals surface area (Å²) in [5.41, 5.74) is 1.09. The Kier molecular flexibility index (Phi) is 6.04. The third kappa shape index (κ3) is 4.83. The Bertz CT molecular complexity index is 346. The molecule has 0 aliphatic carbocycles. The number of rotatable bonds is 7.